The lowest BCUT2D eigenvalue weighted by Gasteiger charge is -2.19. The van der Waals surface area contributed by atoms with Gasteiger partial charge in [-0.15, -0.1) is 0 Å². The standard InChI is InChI=1S/C24H17ClF4N2O4/c25-17-11-10-15(24(27,28)29)12-19(17)31-23(34)21(14-6-2-1-3-7-14)35-20(32)13-30-22(33)16-8-4-5-9-18(16)26/h1-12,21H,13H2,(H,30,33)(H,31,34)/t21-/m1/s1. The number of esters is 1. The first-order valence-electron chi connectivity index (χ1n) is 10.0. The number of carbonyl (C=O) groups is 3. The van der Waals surface area contributed by atoms with Crippen LogP contribution < -0.4 is 10.6 Å². The zero-order chi connectivity index (χ0) is 25.6. The van der Waals surface area contributed by atoms with Gasteiger partial charge in [0.25, 0.3) is 11.8 Å². The molecule has 0 aliphatic rings. The number of ether oxygens (including phenoxy) is 1. The molecule has 0 spiro atoms. The molecule has 11 heteroatoms. The molecule has 35 heavy (non-hydrogen) atoms. The van der Waals surface area contributed by atoms with E-state index in [9.17, 15) is 31.9 Å². The minimum Gasteiger partial charge on any atom is -0.446 e. The molecule has 2 amide bonds. The van der Waals surface area contributed by atoms with Gasteiger partial charge in [-0.25, -0.2) is 4.39 Å². The summed E-state index contributed by atoms with van der Waals surface area (Å²) in [6.45, 7) is -0.700. The number of rotatable bonds is 7. The molecule has 0 aliphatic carbocycles. The van der Waals surface area contributed by atoms with Crippen molar-refractivity contribution >= 4 is 35.1 Å². The van der Waals surface area contributed by atoms with Crippen LogP contribution in [0.3, 0.4) is 0 Å². The average molecular weight is 509 g/mol. The third-order valence-electron chi connectivity index (χ3n) is 4.65. The van der Waals surface area contributed by atoms with Crippen molar-refractivity contribution in [1.82, 2.24) is 5.32 Å². The number of anilines is 1. The van der Waals surface area contributed by atoms with Gasteiger partial charge < -0.3 is 15.4 Å². The van der Waals surface area contributed by atoms with Crippen LogP contribution in [-0.2, 0) is 20.5 Å². The molecule has 0 aliphatic heterocycles. The van der Waals surface area contributed by atoms with Crippen molar-refractivity contribution in [3.05, 3.63) is 100 Å². The molecule has 182 valence electrons. The number of hydrogen-bond donors (Lipinski definition) is 2. The largest absolute Gasteiger partial charge is 0.446 e. The van der Waals surface area contributed by atoms with E-state index in [4.69, 9.17) is 16.3 Å². The van der Waals surface area contributed by atoms with Gasteiger partial charge in [0.05, 0.1) is 21.8 Å². The highest BCUT2D eigenvalue weighted by Crippen LogP contribution is 2.34. The normalized spacial score (nSPS) is 11.9. The number of carbonyl (C=O) groups excluding carboxylic acids is 3. The first-order valence-corrected chi connectivity index (χ1v) is 10.4. The molecule has 2 N–H and O–H groups in total. The fourth-order valence-corrected chi connectivity index (χ4v) is 3.13. The van der Waals surface area contributed by atoms with Gasteiger partial charge in [0, 0.05) is 5.56 Å². The van der Waals surface area contributed by atoms with Crippen LogP contribution in [0.5, 0.6) is 0 Å². The molecule has 1 atom stereocenters. The molecular weight excluding hydrogens is 492 g/mol. The van der Waals surface area contributed by atoms with Crippen LogP contribution in [0.15, 0.2) is 72.8 Å². The third kappa shape index (κ3) is 6.80. The zero-order valence-electron chi connectivity index (χ0n) is 17.7. The highest BCUT2D eigenvalue weighted by molar-refractivity contribution is 6.33. The topological polar surface area (TPSA) is 84.5 Å². The van der Waals surface area contributed by atoms with E-state index in [0.29, 0.717) is 6.07 Å². The predicted octanol–water partition coefficient (Wildman–Crippen LogP) is 5.15. The number of halogens is 5. The third-order valence-corrected chi connectivity index (χ3v) is 4.98. The minimum atomic E-state index is -4.67. The smallest absolute Gasteiger partial charge is 0.416 e. The van der Waals surface area contributed by atoms with Gasteiger partial charge in [-0.3, -0.25) is 14.4 Å². The summed E-state index contributed by atoms with van der Waals surface area (Å²) in [5.74, 6) is -3.70. The Balaban J connectivity index is 1.75. The van der Waals surface area contributed by atoms with Gasteiger partial charge in [0.2, 0.25) is 6.10 Å². The van der Waals surface area contributed by atoms with Gasteiger partial charge in [0.1, 0.15) is 12.4 Å². The molecule has 0 saturated heterocycles. The second-order valence-electron chi connectivity index (χ2n) is 7.12. The SMILES string of the molecule is O=C(CNC(=O)c1ccccc1F)O[C@@H](C(=O)Nc1cc(C(F)(F)F)ccc1Cl)c1ccccc1. The van der Waals surface area contributed by atoms with E-state index in [1.807, 2.05) is 0 Å². The minimum absolute atomic E-state index is 0.165. The van der Waals surface area contributed by atoms with Crippen molar-refractivity contribution in [3.63, 3.8) is 0 Å². The highest BCUT2D eigenvalue weighted by Gasteiger charge is 2.32. The average Bonchev–Trinajstić information content (AvgIpc) is 2.82. The predicted molar refractivity (Wildman–Crippen MR) is 119 cm³/mol. The first kappa shape index (κ1) is 25.7. The van der Waals surface area contributed by atoms with Crippen LogP contribution in [0.2, 0.25) is 5.02 Å². The summed E-state index contributed by atoms with van der Waals surface area (Å²) in [5.41, 5.74) is -1.46. The Morgan fingerprint density at radius 3 is 2.26 bits per heavy atom. The quantitative estimate of drug-likeness (QED) is 0.341. The fraction of sp³-hybridized carbons (Fsp3) is 0.125. The number of nitrogens with one attached hydrogen (secondary N) is 2. The number of hydrogen-bond acceptors (Lipinski definition) is 4. The van der Waals surface area contributed by atoms with Crippen LogP contribution >= 0.6 is 11.6 Å². The van der Waals surface area contributed by atoms with Crippen LogP contribution in [0.4, 0.5) is 23.2 Å². The Labute approximate surface area is 201 Å². The molecule has 6 nitrogen and oxygen atoms in total. The Kier molecular flexibility index (Phi) is 8.08. The van der Waals surface area contributed by atoms with Crippen LogP contribution in [0, 0.1) is 5.82 Å². The zero-order valence-corrected chi connectivity index (χ0v) is 18.5. The second kappa shape index (κ2) is 11.0. The molecule has 0 heterocycles. The van der Waals surface area contributed by atoms with Gasteiger partial charge in [-0.2, -0.15) is 13.2 Å². The van der Waals surface area contributed by atoms with Gasteiger partial charge in [-0.05, 0) is 30.3 Å². The molecule has 0 fully saturated rings. The van der Waals surface area contributed by atoms with E-state index in [0.717, 1.165) is 18.2 Å². The molecule has 0 bridgehead atoms. The lowest BCUT2D eigenvalue weighted by atomic mass is 10.1. The number of amides is 2. The molecule has 3 rings (SSSR count). The molecule has 0 aromatic heterocycles. The van der Waals surface area contributed by atoms with E-state index < -0.39 is 48.0 Å². The van der Waals surface area contributed by atoms with Gasteiger partial charge in [-0.1, -0.05) is 54.1 Å². The Bertz CT molecular complexity index is 1240. The molecule has 0 radical (unpaired) electrons. The fourth-order valence-electron chi connectivity index (χ4n) is 2.96. The maximum Gasteiger partial charge on any atom is 0.416 e. The molecular formula is C24H17ClF4N2O4. The van der Waals surface area contributed by atoms with Gasteiger partial charge >= 0.3 is 12.1 Å². The van der Waals surface area contributed by atoms with E-state index >= 15 is 0 Å². The second-order valence-corrected chi connectivity index (χ2v) is 7.53. The van der Waals surface area contributed by atoms with Crippen molar-refractivity contribution in [1.29, 1.82) is 0 Å². The van der Waals surface area contributed by atoms with E-state index in [1.54, 1.807) is 18.2 Å². The lowest BCUT2D eigenvalue weighted by molar-refractivity contribution is -0.153. The van der Waals surface area contributed by atoms with E-state index in [1.165, 1.54) is 30.3 Å². The Morgan fingerprint density at radius 2 is 1.60 bits per heavy atom. The summed E-state index contributed by atoms with van der Waals surface area (Å²) in [5, 5.41) is 4.26. The van der Waals surface area contributed by atoms with Crippen molar-refractivity contribution in [3.8, 4) is 0 Å². The molecule has 3 aromatic carbocycles. The lowest BCUT2D eigenvalue weighted by Crippen LogP contribution is -2.34. The van der Waals surface area contributed by atoms with Crippen molar-refractivity contribution < 1.29 is 36.7 Å². The van der Waals surface area contributed by atoms with Crippen LogP contribution in [0.25, 0.3) is 0 Å². The monoisotopic (exact) mass is 508 g/mol. The maximum absolute atomic E-state index is 13.7. The van der Waals surface area contributed by atoms with Gasteiger partial charge in [0.15, 0.2) is 0 Å². The Morgan fingerprint density at radius 1 is 0.943 bits per heavy atom. The summed E-state index contributed by atoms with van der Waals surface area (Å²) < 4.78 is 58.1. The summed E-state index contributed by atoms with van der Waals surface area (Å²) in [6, 6.07) is 15.2. The van der Waals surface area contributed by atoms with Crippen molar-refractivity contribution in [2.75, 3.05) is 11.9 Å². The summed E-state index contributed by atoms with van der Waals surface area (Å²) in [6.07, 6.45) is -6.26. The summed E-state index contributed by atoms with van der Waals surface area (Å²) in [7, 11) is 0. The summed E-state index contributed by atoms with van der Waals surface area (Å²) in [4.78, 5) is 37.4. The Hall–Kier alpha value is -3.92. The van der Waals surface area contributed by atoms with Crippen molar-refractivity contribution in [2.45, 2.75) is 12.3 Å². The van der Waals surface area contributed by atoms with Crippen LogP contribution in [-0.4, -0.2) is 24.3 Å². The molecule has 3 aromatic rings. The number of alkyl halides is 3. The molecule has 0 saturated carbocycles. The summed E-state index contributed by atoms with van der Waals surface area (Å²) >= 11 is 5.93. The number of benzene rings is 3. The first-order chi connectivity index (χ1) is 16.6. The van der Waals surface area contributed by atoms with Crippen molar-refractivity contribution in [2.24, 2.45) is 0 Å². The molecule has 0 unspecified atom stereocenters. The van der Waals surface area contributed by atoms with E-state index in [-0.39, 0.29) is 21.8 Å². The highest BCUT2D eigenvalue weighted by atomic mass is 35.5. The van der Waals surface area contributed by atoms with Crippen LogP contribution in [0.1, 0.15) is 27.6 Å². The maximum atomic E-state index is 13.7. The van der Waals surface area contributed by atoms with E-state index in [2.05, 4.69) is 10.6 Å².